The molecule has 0 radical (unpaired) electrons. The third-order valence-corrected chi connectivity index (χ3v) is 4.18. The van der Waals surface area contributed by atoms with Gasteiger partial charge in [0.15, 0.2) is 0 Å². The van der Waals surface area contributed by atoms with E-state index in [0.29, 0.717) is 25.9 Å². The van der Waals surface area contributed by atoms with Crippen LogP contribution in [0.4, 0.5) is 5.69 Å². The van der Waals surface area contributed by atoms with Gasteiger partial charge in [0.1, 0.15) is 5.82 Å². The van der Waals surface area contributed by atoms with Crippen LogP contribution >= 0.6 is 24.8 Å². The number of hydrogen-bond donors (Lipinski definition) is 2. The molecule has 0 saturated carbocycles. The third kappa shape index (κ3) is 5.13. The fourth-order valence-electron chi connectivity index (χ4n) is 2.88. The van der Waals surface area contributed by atoms with Crippen molar-refractivity contribution in [3.05, 3.63) is 59.9 Å². The second-order valence-electron chi connectivity index (χ2n) is 5.85. The van der Waals surface area contributed by atoms with Crippen molar-refractivity contribution >= 4 is 47.4 Å². The average molecular weight is 395 g/mol. The Kier molecular flexibility index (Phi) is 8.42. The minimum absolute atomic E-state index is 0. The van der Waals surface area contributed by atoms with E-state index in [2.05, 4.69) is 20.9 Å². The lowest BCUT2D eigenvalue weighted by molar-refractivity contribution is -0.121. The van der Waals surface area contributed by atoms with E-state index in [1.807, 2.05) is 49.4 Å². The van der Waals surface area contributed by atoms with E-state index >= 15 is 0 Å². The van der Waals surface area contributed by atoms with Crippen molar-refractivity contribution in [3.63, 3.8) is 0 Å². The molecule has 3 rings (SSSR count). The topological polar surface area (TPSA) is 72.9 Å². The summed E-state index contributed by atoms with van der Waals surface area (Å²) in [6, 6.07) is 15.7. The van der Waals surface area contributed by atoms with E-state index in [1.54, 1.807) is 0 Å². The molecule has 7 heteroatoms. The Morgan fingerprint density at radius 3 is 2.58 bits per heavy atom. The molecule has 0 fully saturated rings. The van der Waals surface area contributed by atoms with Gasteiger partial charge in [0.25, 0.3) is 0 Å². The second-order valence-corrected chi connectivity index (χ2v) is 5.85. The standard InChI is InChI=1S/C19H22N4O.2ClH/c1-14-22-17-8-4-5-9-18(17)23(14)13-12-21-19(24)11-10-15-6-2-3-7-16(15)20;;/h2-9H,10-13,20H2,1H3,(H,21,24);2*1H. The van der Waals surface area contributed by atoms with E-state index in [4.69, 9.17) is 5.73 Å². The van der Waals surface area contributed by atoms with Crippen LogP contribution in [-0.4, -0.2) is 22.0 Å². The number of nitrogens with two attached hydrogens (primary N) is 1. The first-order chi connectivity index (χ1) is 11.6. The van der Waals surface area contributed by atoms with Crippen LogP contribution in [0.25, 0.3) is 11.0 Å². The molecular formula is C19H24Cl2N4O. The normalized spacial score (nSPS) is 10.0. The summed E-state index contributed by atoms with van der Waals surface area (Å²) in [5.41, 5.74) is 9.74. The first-order valence-corrected chi connectivity index (χ1v) is 8.17. The van der Waals surface area contributed by atoms with Gasteiger partial charge < -0.3 is 15.6 Å². The van der Waals surface area contributed by atoms with Gasteiger partial charge >= 0.3 is 0 Å². The molecule has 0 aliphatic carbocycles. The van der Waals surface area contributed by atoms with Gasteiger partial charge in [0.2, 0.25) is 5.91 Å². The molecule has 5 nitrogen and oxygen atoms in total. The number of amides is 1. The van der Waals surface area contributed by atoms with Gasteiger partial charge in [0.05, 0.1) is 11.0 Å². The van der Waals surface area contributed by atoms with Crippen LogP contribution in [0.1, 0.15) is 17.8 Å². The molecule has 0 aliphatic rings. The van der Waals surface area contributed by atoms with Gasteiger partial charge in [0, 0.05) is 25.2 Å². The zero-order valence-corrected chi connectivity index (χ0v) is 16.3. The largest absolute Gasteiger partial charge is 0.399 e. The van der Waals surface area contributed by atoms with Crippen molar-refractivity contribution in [3.8, 4) is 0 Å². The van der Waals surface area contributed by atoms with Crippen molar-refractivity contribution < 1.29 is 4.79 Å². The number of halogens is 2. The maximum Gasteiger partial charge on any atom is 0.220 e. The molecule has 1 amide bonds. The first kappa shape index (κ1) is 21.8. The van der Waals surface area contributed by atoms with Gasteiger partial charge in [-0.25, -0.2) is 4.98 Å². The molecule has 0 spiro atoms. The van der Waals surface area contributed by atoms with Crippen molar-refractivity contribution in [2.45, 2.75) is 26.3 Å². The number of nitrogens with zero attached hydrogens (tertiary/aromatic N) is 2. The molecule has 2 aromatic carbocycles. The Labute approximate surface area is 165 Å². The molecule has 1 heterocycles. The van der Waals surface area contributed by atoms with Crippen LogP contribution in [0.2, 0.25) is 0 Å². The highest BCUT2D eigenvalue weighted by Crippen LogP contribution is 2.15. The van der Waals surface area contributed by atoms with Crippen LogP contribution in [0.15, 0.2) is 48.5 Å². The molecule has 0 atom stereocenters. The summed E-state index contributed by atoms with van der Waals surface area (Å²) >= 11 is 0. The van der Waals surface area contributed by atoms with Crippen LogP contribution in [0.3, 0.4) is 0 Å². The number of carbonyl (C=O) groups is 1. The highest BCUT2D eigenvalue weighted by Gasteiger charge is 2.07. The summed E-state index contributed by atoms with van der Waals surface area (Å²) in [5, 5.41) is 2.97. The number of anilines is 1. The zero-order valence-electron chi connectivity index (χ0n) is 14.6. The number of hydrogen-bond acceptors (Lipinski definition) is 3. The van der Waals surface area contributed by atoms with E-state index in [9.17, 15) is 4.79 Å². The highest BCUT2D eigenvalue weighted by atomic mass is 35.5. The van der Waals surface area contributed by atoms with Gasteiger partial charge in [-0.15, -0.1) is 24.8 Å². The van der Waals surface area contributed by atoms with Gasteiger partial charge in [-0.1, -0.05) is 30.3 Å². The second kappa shape index (κ2) is 10.0. The fourth-order valence-corrected chi connectivity index (χ4v) is 2.88. The van der Waals surface area contributed by atoms with Crippen LogP contribution < -0.4 is 11.1 Å². The SMILES string of the molecule is Cc1nc2ccccc2n1CCNC(=O)CCc1ccccc1N.Cl.Cl. The predicted molar refractivity (Wildman–Crippen MR) is 111 cm³/mol. The number of aryl methyl sites for hydroxylation is 2. The molecule has 0 aliphatic heterocycles. The smallest absolute Gasteiger partial charge is 0.220 e. The van der Waals surface area contributed by atoms with Crippen LogP contribution in [-0.2, 0) is 17.8 Å². The quantitative estimate of drug-likeness (QED) is 0.628. The lowest BCUT2D eigenvalue weighted by Crippen LogP contribution is -2.27. The Hall–Kier alpha value is -2.24. The number of fused-ring (bicyclic) bond motifs is 1. The lowest BCUT2D eigenvalue weighted by atomic mass is 10.1. The molecule has 0 bridgehead atoms. The number of imidazole rings is 1. The van der Waals surface area contributed by atoms with Gasteiger partial charge in [-0.2, -0.15) is 0 Å². The summed E-state index contributed by atoms with van der Waals surface area (Å²) in [6.07, 6.45) is 1.10. The van der Waals surface area contributed by atoms with Crippen LogP contribution in [0, 0.1) is 6.92 Å². The van der Waals surface area contributed by atoms with E-state index in [-0.39, 0.29) is 30.7 Å². The van der Waals surface area contributed by atoms with Crippen molar-refractivity contribution in [1.82, 2.24) is 14.9 Å². The van der Waals surface area contributed by atoms with Crippen molar-refractivity contribution in [2.75, 3.05) is 12.3 Å². The summed E-state index contributed by atoms with van der Waals surface area (Å²) in [7, 11) is 0. The molecule has 3 aromatic rings. The summed E-state index contributed by atoms with van der Waals surface area (Å²) in [5.74, 6) is 1.00. The number of nitrogens with one attached hydrogen (secondary N) is 1. The number of rotatable bonds is 6. The van der Waals surface area contributed by atoms with E-state index < -0.39 is 0 Å². The molecule has 1 aromatic heterocycles. The predicted octanol–water partition coefficient (Wildman–Crippen LogP) is 3.52. The van der Waals surface area contributed by atoms with Crippen molar-refractivity contribution in [1.29, 1.82) is 0 Å². The minimum atomic E-state index is 0. The van der Waals surface area contributed by atoms with Gasteiger partial charge in [-0.05, 0) is 37.1 Å². The molecular weight excluding hydrogens is 371 g/mol. The van der Waals surface area contributed by atoms with E-state index in [1.165, 1.54) is 0 Å². The number of aromatic nitrogens is 2. The molecule has 0 unspecified atom stereocenters. The number of carbonyl (C=O) groups excluding carboxylic acids is 1. The minimum Gasteiger partial charge on any atom is -0.399 e. The Morgan fingerprint density at radius 2 is 1.81 bits per heavy atom. The Morgan fingerprint density at radius 1 is 1.12 bits per heavy atom. The molecule has 26 heavy (non-hydrogen) atoms. The lowest BCUT2D eigenvalue weighted by Gasteiger charge is -2.09. The molecule has 140 valence electrons. The summed E-state index contributed by atoms with van der Waals surface area (Å²) in [4.78, 5) is 16.6. The summed E-state index contributed by atoms with van der Waals surface area (Å²) < 4.78 is 2.13. The molecule has 0 saturated heterocycles. The monoisotopic (exact) mass is 394 g/mol. The average Bonchev–Trinajstić information content (AvgIpc) is 2.90. The number of para-hydroxylation sites is 3. The molecule has 3 N–H and O–H groups in total. The van der Waals surface area contributed by atoms with Crippen LogP contribution in [0.5, 0.6) is 0 Å². The van der Waals surface area contributed by atoms with Gasteiger partial charge in [-0.3, -0.25) is 4.79 Å². The van der Waals surface area contributed by atoms with E-state index in [0.717, 1.165) is 28.1 Å². The number of benzene rings is 2. The Bertz CT molecular complexity index is 864. The zero-order chi connectivity index (χ0) is 16.9. The maximum atomic E-state index is 12.0. The van der Waals surface area contributed by atoms with Crippen molar-refractivity contribution in [2.24, 2.45) is 0 Å². The Balaban J connectivity index is 0.00000169. The summed E-state index contributed by atoms with van der Waals surface area (Å²) in [6.45, 7) is 3.29. The maximum absolute atomic E-state index is 12.0. The highest BCUT2D eigenvalue weighted by molar-refractivity contribution is 5.85. The first-order valence-electron chi connectivity index (χ1n) is 8.17. The number of nitrogen functional groups attached to an aromatic ring is 1. The fraction of sp³-hybridized carbons (Fsp3) is 0.263. The third-order valence-electron chi connectivity index (χ3n) is 4.18.